The third-order valence-corrected chi connectivity index (χ3v) is 6.32. The predicted octanol–water partition coefficient (Wildman–Crippen LogP) is 3.59. The Hall–Kier alpha value is -3.85. The maximum absolute atomic E-state index is 12.6. The molecule has 2 amide bonds. The van der Waals surface area contributed by atoms with E-state index in [0.717, 1.165) is 11.1 Å². The third kappa shape index (κ3) is 7.08. The SMILES string of the molecule is CCOc1ccc(S(=O)(=O)Nc2ccc(C(=O)NNC(=O)CCc3ccc(C)cc3)cc2)cc1. The molecule has 0 heterocycles. The summed E-state index contributed by atoms with van der Waals surface area (Å²) in [6.07, 6.45) is 0.792. The molecule has 0 aliphatic carbocycles. The highest BCUT2D eigenvalue weighted by atomic mass is 32.2. The Labute approximate surface area is 199 Å². The van der Waals surface area contributed by atoms with Crippen molar-refractivity contribution < 1.29 is 22.7 Å². The molecule has 3 aromatic carbocycles. The van der Waals surface area contributed by atoms with Gasteiger partial charge in [0.05, 0.1) is 11.5 Å². The van der Waals surface area contributed by atoms with Crippen LogP contribution >= 0.6 is 0 Å². The van der Waals surface area contributed by atoms with Crippen molar-refractivity contribution in [3.8, 4) is 5.75 Å². The normalized spacial score (nSPS) is 10.9. The zero-order valence-corrected chi connectivity index (χ0v) is 19.8. The van der Waals surface area contributed by atoms with Gasteiger partial charge in [0.2, 0.25) is 5.91 Å². The van der Waals surface area contributed by atoms with Crippen LogP contribution in [0.3, 0.4) is 0 Å². The quantitative estimate of drug-likeness (QED) is 0.404. The van der Waals surface area contributed by atoms with Gasteiger partial charge in [-0.3, -0.25) is 25.2 Å². The summed E-state index contributed by atoms with van der Waals surface area (Å²) in [5, 5.41) is 0. The van der Waals surface area contributed by atoms with Crippen LogP contribution in [0.4, 0.5) is 5.69 Å². The fourth-order valence-corrected chi connectivity index (χ4v) is 4.12. The summed E-state index contributed by atoms with van der Waals surface area (Å²) in [5.41, 5.74) is 7.51. The van der Waals surface area contributed by atoms with E-state index in [1.54, 1.807) is 12.1 Å². The fraction of sp³-hybridized carbons (Fsp3) is 0.200. The van der Waals surface area contributed by atoms with Gasteiger partial charge in [-0.1, -0.05) is 29.8 Å². The molecule has 0 spiro atoms. The van der Waals surface area contributed by atoms with Crippen LogP contribution in [0, 0.1) is 6.92 Å². The first-order valence-electron chi connectivity index (χ1n) is 10.8. The molecule has 178 valence electrons. The number of benzene rings is 3. The molecule has 0 aromatic heterocycles. The number of hydrazine groups is 1. The molecule has 0 bridgehead atoms. The largest absolute Gasteiger partial charge is 0.494 e. The van der Waals surface area contributed by atoms with Gasteiger partial charge < -0.3 is 4.74 Å². The highest BCUT2D eigenvalue weighted by molar-refractivity contribution is 7.92. The number of amides is 2. The van der Waals surface area contributed by atoms with E-state index >= 15 is 0 Å². The molecular weight excluding hydrogens is 454 g/mol. The van der Waals surface area contributed by atoms with E-state index in [9.17, 15) is 18.0 Å². The van der Waals surface area contributed by atoms with Crippen LogP contribution in [0.25, 0.3) is 0 Å². The van der Waals surface area contributed by atoms with Gasteiger partial charge >= 0.3 is 0 Å². The molecule has 0 saturated heterocycles. The highest BCUT2D eigenvalue weighted by Gasteiger charge is 2.15. The minimum atomic E-state index is -3.79. The van der Waals surface area contributed by atoms with Crippen LogP contribution in [-0.2, 0) is 21.2 Å². The van der Waals surface area contributed by atoms with Gasteiger partial charge in [-0.25, -0.2) is 8.42 Å². The van der Waals surface area contributed by atoms with Crippen molar-refractivity contribution in [3.63, 3.8) is 0 Å². The maximum Gasteiger partial charge on any atom is 0.269 e. The molecule has 0 radical (unpaired) electrons. The van der Waals surface area contributed by atoms with E-state index in [4.69, 9.17) is 4.74 Å². The number of aryl methyl sites for hydroxylation is 2. The molecule has 3 rings (SSSR count). The van der Waals surface area contributed by atoms with Gasteiger partial charge in [0.25, 0.3) is 15.9 Å². The number of carbonyl (C=O) groups is 2. The van der Waals surface area contributed by atoms with Crippen molar-refractivity contribution >= 4 is 27.5 Å². The van der Waals surface area contributed by atoms with Crippen molar-refractivity contribution in [2.24, 2.45) is 0 Å². The van der Waals surface area contributed by atoms with Crippen LogP contribution in [0.15, 0.2) is 77.7 Å². The number of nitrogens with one attached hydrogen (secondary N) is 3. The Morgan fingerprint density at radius 2 is 1.50 bits per heavy atom. The smallest absolute Gasteiger partial charge is 0.269 e. The first-order valence-corrected chi connectivity index (χ1v) is 12.3. The van der Waals surface area contributed by atoms with E-state index in [0.29, 0.717) is 24.5 Å². The van der Waals surface area contributed by atoms with Crippen LogP contribution in [0.2, 0.25) is 0 Å². The van der Waals surface area contributed by atoms with E-state index in [1.165, 1.54) is 36.4 Å². The van der Waals surface area contributed by atoms with Gasteiger partial charge in [-0.15, -0.1) is 0 Å². The second-order valence-corrected chi connectivity index (χ2v) is 9.26. The second-order valence-electron chi connectivity index (χ2n) is 7.58. The van der Waals surface area contributed by atoms with Crippen molar-refractivity contribution in [2.45, 2.75) is 31.6 Å². The molecule has 0 aliphatic heterocycles. The lowest BCUT2D eigenvalue weighted by Crippen LogP contribution is -2.41. The van der Waals surface area contributed by atoms with E-state index in [2.05, 4.69) is 15.6 Å². The monoisotopic (exact) mass is 481 g/mol. The van der Waals surface area contributed by atoms with E-state index in [1.807, 2.05) is 38.1 Å². The average molecular weight is 482 g/mol. The molecule has 9 heteroatoms. The highest BCUT2D eigenvalue weighted by Crippen LogP contribution is 2.19. The lowest BCUT2D eigenvalue weighted by molar-refractivity contribution is -0.121. The zero-order chi connectivity index (χ0) is 24.6. The number of rotatable bonds is 9. The number of hydrogen-bond acceptors (Lipinski definition) is 5. The van der Waals surface area contributed by atoms with Crippen LogP contribution < -0.4 is 20.3 Å². The molecule has 8 nitrogen and oxygen atoms in total. The minimum Gasteiger partial charge on any atom is -0.494 e. The van der Waals surface area contributed by atoms with Crippen molar-refractivity contribution in [3.05, 3.63) is 89.5 Å². The average Bonchev–Trinajstić information content (AvgIpc) is 2.83. The van der Waals surface area contributed by atoms with Crippen LogP contribution in [0.1, 0.15) is 34.8 Å². The Morgan fingerprint density at radius 3 is 2.12 bits per heavy atom. The molecule has 3 aromatic rings. The lowest BCUT2D eigenvalue weighted by Gasteiger charge is -2.10. The van der Waals surface area contributed by atoms with Crippen molar-refractivity contribution in [1.82, 2.24) is 10.9 Å². The number of carbonyl (C=O) groups excluding carboxylic acids is 2. The van der Waals surface area contributed by atoms with E-state index < -0.39 is 15.9 Å². The Morgan fingerprint density at radius 1 is 0.853 bits per heavy atom. The zero-order valence-electron chi connectivity index (χ0n) is 19.0. The molecule has 0 fully saturated rings. The van der Waals surface area contributed by atoms with Gasteiger partial charge in [0.1, 0.15) is 5.75 Å². The summed E-state index contributed by atoms with van der Waals surface area (Å²) in [6.45, 7) is 4.33. The summed E-state index contributed by atoms with van der Waals surface area (Å²) < 4.78 is 32.9. The van der Waals surface area contributed by atoms with Crippen molar-refractivity contribution in [2.75, 3.05) is 11.3 Å². The lowest BCUT2D eigenvalue weighted by atomic mass is 10.1. The summed E-state index contributed by atoms with van der Waals surface area (Å²) in [7, 11) is -3.79. The van der Waals surface area contributed by atoms with Gasteiger partial charge in [-0.05, 0) is 74.4 Å². The van der Waals surface area contributed by atoms with Gasteiger partial charge in [-0.2, -0.15) is 0 Å². The molecule has 3 N–H and O–H groups in total. The number of hydrogen-bond donors (Lipinski definition) is 3. The third-order valence-electron chi connectivity index (χ3n) is 4.92. The predicted molar refractivity (Wildman–Crippen MR) is 130 cm³/mol. The van der Waals surface area contributed by atoms with Gasteiger partial charge in [0.15, 0.2) is 0 Å². The fourth-order valence-electron chi connectivity index (χ4n) is 3.06. The molecule has 0 saturated carbocycles. The second kappa shape index (κ2) is 11.3. The van der Waals surface area contributed by atoms with E-state index in [-0.39, 0.29) is 22.8 Å². The van der Waals surface area contributed by atoms with Crippen LogP contribution in [-0.4, -0.2) is 26.8 Å². The Kier molecular flexibility index (Phi) is 8.26. The number of anilines is 1. The summed E-state index contributed by atoms with van der Waals surface area (Å²) in [6, 6.07) is 19.8. The van der Waals surface area contributed by atoms with Crippen LogP contribution in [0.5, 0.6) is 5.75 Å². The molecular formula is C25H27N3O5S. The molecule has 0 aliphatic rings. The Bertz CT molecular complexity index is 1220. The first kappa shape index (κ1) is 24.8. The standard InChI is InChI=1S/C25H27N3O5S/c1-3-33-22-13-15-23(16-14-22)34(31,32)28-21-11-9-20(10-12-21)25(30)27-26-24(29)17-8-19-6-4-18(2)5-7-19/h4-7,9-16,28H,3,8,17H2,1-2H3,(H,26,29)(H,27,30). The molecule has 34 heavy (non-hydrogen) atoms. The first-order chi connectivity index (χ1) is 16.3. The summed E-state index contributed by atoms with van der Waals surface area (Å²) in [5.74, 6) is -0.239. The molecule has 0 unspecified atom stereocenters. The molecule has 0 atom stereocenters. The topological polar surface area (TPSA) is 114 Å². The number of ether oxygens (including phenoxy) is 1. The summed E-state index contributed by atoms with van der Waals surface area (Å²) >= 11 is 0. The number of sulfonamides is 1. The van der Waals surface area contributed by atoms with Gasteiger partial charge in [0, 0.05) is 17.7 Å². The maximum atomic E-state index is 12.6. The Balaban J connectivity index is 1.50. The summed E-state index contributed by atoms with van der Waals surface area (Å²) in [4.78, 5) is 24.4. The minimum absolute atomic E-state index is 0.0890. The van der Waals surface area contributed by atoms with Crippen molar-refractivity contribution in [1.29, 1.82) is 0 Å².